The number of hydrogen-bond acceptors (Lipinski definition) is 7. The Labute approximate surface area is 199 Å². The molecule has 2 aliphatic rings. The summed E-state index contributed by atoms with van der Waals surface area (Å²) in [5, 5.41) is 13.6. The van der Waals surface area contributed by atoms with Crippen molar-refractivity contribution in [2.75, 3.05) is 50.6 Å². The Balaban J connectivity index is 1.48. The molecule has 8 heteroatoms. The maximum atomic E-state index is 13.1. The lowest BCUT2D eigenvalue weighted by molar-refractivity contribution is 0.312. The number of anilines is 3. The fourth-order valence-electron chi connectivity index (χ4n) is 5.09. The number of methoxy groups -OCH3 is 1. The third-order valence-corrected chi connectivity index (χ3v) is 7.05. The number of rotatable bonds is 5. The number of hydrogen-bond donors (Lipinski definition) is 1. The number of benzene rings is 1. The molecule has 3 heterocycles. The lowest BCUT2D eigenvalue weighted by Gasteiger charge is -2.34. The summed E-state index contributed by atoms with van der Waals surface area (Å²) in [7, 11) is 3.82. The van der Waals surface area contributed by atoms with E-state index >= 15 is 0 Å². The smallest absolute Gasteiger partial charge is 0.269 e. The van der Waals surface area contributed by atoms with Gasteiger partial charge in [0.05, 0.1) is 18.3 Å². The van der Waals surface area contributed by atoms with Gasteiger partial charge in [-0.25, -0.2) is 4.98 Å². The van der Waals surface area contributed by atoms with Crippen molar-refractivity contribution in [3.8, 4) is 11.8 Å². The number of nitrogens with one attached hydrogen (secondary N) is 1. The third kappa shape index (κ3) is 4.19. The first-order chi connectivity index (χ1) is 16.6. The van der Waals surface area contributed by atoms with Crippen LogP contribution in [0.3, 0.4) is 0 Å². The summed E-state index contributed by atoms with van der Waals surface area (Å²) in [6, 6.07) is 11.9. The Morgan fingerprint density at radius 3 is 2.59 bits per heavy atom. The molecule has 1 aliphatic carbocycles. The van der Waals surface area contributed by atoms with Gasteiger partial charge in [-0.15, -0.1) is 0 Å². The van der Waals surface area contributed by atoms with Crippen LogP contribution in [0.4, 0.5) is 17.2 Å². The van der Waals surface area contributed by atoms with Crippen LogP contribution in [0.2, 0.25) is 0 Å². The lowest BCUT2D eigenvalue weighted by atomic mass is 10.1. The van der Waals surface area contributed by atoms with E-state index in [0.717, 1.165) is 79.9 Å². The van der Waals surface area contributed by atoms with Gasteiger partial charge in [0.1, 0.15) is 23.2 Å². The van der Waals surface area contributed by atoms with Crippen LogP contribution in [-0.4, -0.2) is 54.8 Å². The molecule has 8 nitrogen and oxygen atoms in total. The molecule has 1 saturated heterocycles. The highest BCUT2D eigenvalue weighted by Crippen LogP contribution is 2.34. The first-order valence-corrected chi connectivity index (χ1v) is 11.9. The average Bonchev–Trinajstić information content (AvgIpc) is 3.39. The van der Waals surface area contributed by atoms with Gasteiger partial charge in [0, 0.05) is 61.6 Å². The summed E-state index contributed by atoms with van der Waals surface area (Å²) in [5.74, 6) is 1.38. The number of nitrogens with zero attached hydrogens (tertiary/aromatic N) is 5. The largest absolute Gasteiger partial charge is 0.494 e. The van der Waals surface area contributed by atoms with Crippen LogP contribution in [0.5, 0.6) is 5.75 Å². The van der Waals surface area contributed by atoms with Crippen molar-refractivity contribution < 1.29 is 4.74 Å². The first kappa shape index (κ1) is 22.2. The molecular formula is C26H30N6O2. The minimum Gasteiger partial charge on any atom is -0.494 e. The van der Waals surface area contributed by atoms with Crippen molar-refractivity contribution in [2.24, 2.45) is 0 Å². The molecule has 0 radical (unpaired) electrons. The third-order valence-electron chi connectivity index (χ3n) is 7.05. The fraction of sp³-hybridized carbons (Fsp3) is 0.423. The molecule has 1 aromatic carbocycles. The van der Waals surface area contributed by atoms with Gasteiger partial charge in [-0.1, -0.05) is 12.8 Å². The molecule has 3 aromatic rings. The highest BCUT2D eigenvalue weighted by molar-refractivity contribution is 5.83. The normalized spacial score (nSPS) is 17.1. The minimum absolute atomic E-state index is 0.121. The Kier molecular flexibility index (Phi) is 6.12. The predicted molar refractivity (Wildman–Crippen MR) is 134 cm³/mol. The monoisotopic (exact) mass is 458 g/mol. The van der Waals surface area contributed by atoms with Crippen molar-refractivity contribution in [1.82, 2.24) is 14.5 Å². The summed E-state index contributed by atoms with van der Waals surface area (Å²) in [4.78, 5) is 22.3. The van der Waals surface area contributed by atoms with Crippen LogP contribution in [0.1, 0.15) is 37.3 Å². The van der Waals surface area contributed by atoms with Crippen molar-refractivity contribution in [3.63, 3.8) is 0 Å². The van der Waals surface area contributed by atoms with Crippen LogP contribution < -0.4 is 20.5 Å². The zero-order valence-electron chi connectivity index (χ0n) is 19.8. The summed E-state index contributed by atoms with van der Waals surface area (Å²) in [5.41, 5.74) is 2.72. The van der Waals surface area contributed by atoms with E-state index in [-0.39, 0.29) is 17.2 Å². The quantitative estimate of drug-likeness (QED) is 0.621. The molecule has 1 aliphatic heterocycles. The Morgan fingerprint density at radius 2 is 1.88 bits per heavy atom. The second-order valence-electron chi connectivity index (χ2n) is 9.21. The molecule has 0 atom stereocenters. The Hall–Kier alpha value is -3.57. The van der Waals surface area contributed by atoms with Gasteiger partial charge in [0.15, 0.2) is 0 Å². The SMILES string of the molecule is COc1cc(N2CCN(C)CC2)ccc1Nc1cc2c(cn1)cc(C#N)c(=O)n2C1CCCC1. The molecule has 2 aromatic heterocycles. The molecule has 1 saturated carbocycles. The second kappa shape index (κ2) is 9.35. The van der Waals surface area contributed by atoms with Gasteiger partial charge < -0.3 is 24.4 Å². The maximum absolute atomic E-state index is 13.1. The van der Waals surface area contributed by atoms with E-state index in [4.69, 9.17) is 4.74 Å². The van der Waals surface area contributed by atoms with Crippen molar-refractivity contribution in [3.05, 3.63) is 52.4 Å². The zero-order valence-corrected chi connectivity index (χ0v) is 19.8. The molecule has 0 amide bonds. The lowest BCUT2D eigenvalue weighted by Crippen LogP contribution is -2.44. The molecular weight excluding hydrogens is 428 g/mol. The van der Waals surface area contributed by atoms with Crippen LogP contribution in [-0.2, 0) is 0 Å². The Bertz CT molecular complexity index is 1300. The molecule has 0 spiro atoms. The van der Waals surface area contributed by atoms with Crippen LogP contribution >= 0.6 is 0 Å². The molecule has 0 unspecified atom stereocenters. The molecule has 2 fully saturated rings. The predicted octanol–water partition coefficient (Wildman–Crippen LogP) is 3.89. The van der Waals surface area contributed by atoms with Gasteiger partial charge in [-0.05, 0) is 38.1 Å². The summed E-state index contributed by atoms with van der Waals surface area (Å²) < 4.78 is 7.50. The number of nitriles is 1. The number of likely N-dealkylation sites (N-methyl/N-ethyl adjacent to an activating group) is 1. The number of pyridine rings is 2. The van der Waals surface area contributed by atoms with Crippen molar-refractivity contribution >= 4 is 28.1 Å². The number of piperazine rings is 1. The number of aromatic nitrogens is 2. The topological polar surface area (TPSA) is 86.4 Å². The van der Waals surface area contributed by atoms with Crippen LogP contribution in [0, 0.1) is 11.3 Å². The van der Waals surface area contributed by atoms with Gasteiger partial charge in [-0.3, -0.25) is 4.79 Å². The van der Waals surface area contributed by atoms with E-state index in [1.54, 1.807) is 23.9 Å². The molecule has 5 rings (SSSR count). The molecule has 0 bridgehead atoms. The van der Waals surface area contributed by atoms with Gasteiger partial charge in [-0.2, -0.15) is 5.26 Å². The summed E-state index contributed by atoms with van der Waals surface area (Å²) in [6.07, 6.45) is 5.84. The second-order valence-corrected chi connectivity index (χ2v) is 9.21. The summed E-state index contributed by atoms with van der Waals surface area (Å²) in [6.45, 7) is 4.06. The zero-order chi connectivity index (χ0) is 23.7. The van der Waals surface area contributed by atoms with E-state index in [1.807, 2.05) is 12.1 Å². The van der Waals surface area contributed by atoms with E-state index in [1.165, 1.54) is 0 Å². The Morgan fingerprint density at radius 1 is 1.12 bits per heavy atom. The summed E-state index contributed by atoms with van der Waals surface area (Å²) >= 11 is 0. The van der Waals surface area contributed by atoms with Crippen molar-refractivity contribution in [1.29, 1.82) is 5.26 Å². The van der Waals surface area contributed by atoms with Crippen molar-refractivity contribution in [2.45, 2.75) is 31.7 Å². The van der Waals surface area contributed by atoms with Crippen LogP contribution in [0.25, 0.3) is 10.9 Å². The standard InChI is InChI=1S/C26H30N6O2/c1-30-9-11-31(12-10-30)21-7-8-22(24(14-21)34-2)29-25-15-23-19(17-28-25)13-18(16-27)26(33)32(23)20-5-3-4-6-20/h7-8,13-15,17,20H,3-6,9-12H2,1-2H3,(H,28,29). The van der Waals surface area contributed by atoms with Gasteiger partial charge >= 0.3 is 0 Å². The van der Waals surface area contributed by atoms with Crippen LogP contribution in [0.15, 0.2) is 41.3 Å². The molecule has 34 heavy (non-hydrogen) atoms. The van der Waals surface area contributed by atoms with E-state index < -0.39 is 0 Å². The highest BCUT2D eigenvalue weighted by Gasteiger charge is 2.22. The maximum Gasteiger partial charge on any atom is 0.269 e. The minimum atomic E-state index is -0.215. The van der Waals surface area contributed by atoms with E-state index in [0.29, 0.717) is 5.82 Å². The van der Waals surface area contributed by atoms with E-state index in [9.17, 15) is 10.1 Å². The fourth-order valence-corrected chi connectivity index (χ4v) is 5.09. The van der Waals surface area contributed by atoms with E-state index in [2.05, 4.69) is 45.4 Å². The van der Waals surface area contributed by atoms with Gasteiger partial charge in [0.2, 0.25) is 0 Å². The number of ether oxygens (including phenoxy) is 1. The molecule has 1 N–H and O–H groups in total. The van der Waals surface area contributed by atoms with Gasteiger partial charge in [0.25, 0.3) is 5.56 Å². The molecule has 176 valence electrons. The highest BCUT2D eigenvalue weighted by atomic mass is 16.5. The first-order valence-electron chi connectivity index (χ1n) is 11.9. The number of fused-ring (bicyclic) bond motifs is 1. The average molecular weight is 459 g/mol.